The number of aliphatic hydroxyl groups is 1. The van der Waals surface area contributed by atoms with Crippen molar-refractivity contribution >= 4 is 16.8 Å². The molecule has 2 N–H and O–H groups in total. The summed E-state index contributed by atoms with van der Waals surface area (Å²) in [6.45, 7) is 2.36. The van der Waals surface area contributed by atoms with Crippen LogP contribution in [0.4, 0.5) is 4.39 Å². The molecule has 6 nitrogen and oxygen atoms in total. The number of nitrogens with zero attached hydrogens (tertiary/aromatic N) is 2. The molecule has 2 aliphatic rings. The van der Waals surface area contributed by atoms with Gasteiger partial charge in [-0.1, -0.05) is 0 Å². The molecule has 2 fully saturated rings. The van der Waals surface area contributed by atoms with Gasteiger partial charge in [-0.05, 0) is 37.1 Å². The topological polar surface area (TPSA) is 66.7 Å². The van der Waals surface area contributed by atoms with E-state index in [9.17, 15) is 9.18 Å². The number of aliphatic hydroxyl groups excluding tert-OH is 1. The normalized spacial score (nSPS) is 26.2. The number of amides is 1. The Hall–Kier alpha value is -1.96. The number of carbonyl (C=O) groups excluding carboxylic acids is 1. The first-order valence-corrected chi connectivity index (χ1v) is 9.07. The van der Waals surface area contributed by atoms with Crippen LogP contribution in [-0.4, -0.2) is 65.0 Å². The van der Waals surface area contributed by atoms with E-state index in [2.05, 4.69) is 10.2 Å². The highest BCUT2D eigenvalue weighted by Crippen LogP contribution is 2.25. The summed E-state index contributed by atoms with van der Waals surface area (Å²) in [5, 5.41) is 12.9. The van der Waals surface area contributed by atoms with Crippen molar-refractivity contribution in [1.29, 1.82) is 0 Å². The minimum atomic E-state index is -0.305. The number of rotatable bonds is 4. The molecule has 2 saturated heterocycles. The lowest BCUT2D eigenvalue weighted by Gasteiger charge is -2.34. The average molecular weight is 361 g/mol. The minimum Gasteiger partial charge on any atom is -0.396 e. The van der Waals surface area contributed by atoms with E-state index in [0.29, 0.717) is 24.8 Å². The summed E-state index contributed by atoms with van der Waals surface area (Å²) in [6.07, 6.45) is 1.57. The predicted octanol–water partition coefficient (Wildman–Crippen LogP) is 1.27. The van der Waals surface area contributed by atoms with Crippen LogP contribution in [0.5, 0.6) is 0 Å². The van der Waals surface area contributed by atoms with Gasteiger partial charge in [-0.3, -0.25) is 9.69 Å². The average Bonchev–Trinajstić information content (AvgIpc) is 3.15. The maximum Gasteiger partial charge on any atom is 0.268 e. The Bertz CT molecular complexity index is 822. The molecule has 2 aliphatic heterocycles. The van der Waals surface area contributed by atoms with E-state index in [1.807, 2.05) is 7.05 Å². The molecular weight excluding hydrogens is 337 g/mol. The number of hydrogen-bond donors (Lipinski definition) is 2. The van der Waals surface area contributed by atoms with Crippen LogP contribution < -0.4 is 5.32 Å². The highest BCUT2D eigenvalue weighted by Gasteiger charge is 2.37. The van der Waals surface area contributed by atoms with Crippen LogP contribution in [0, 0.1) is 5.82 Å². The van der Waals surface area contributed by atoms with Crippen molar-refractivity contribution in [2.45, 2.75) is 31.0 Å². The zero-order valence-electron chi connectivity index (χ0n) is 14.8. The lowest BCUT2D eigenvalue weighted by Crippen LogP contribution is -2.46. The number of benzene rings is 1. The monoisotopic (exact) mass is 361 g/mol. The molecule has 0 bridgehead atoms. The number of morpholine rings is 1. The van der Waals surface area contributed by atoms with Crippen LogP contribution in [0.2, 0.25) is 0 Å². The molecular formula is C19H24FN3O3. The smallest absolute Gasteiger partial charge is 0.268 e. The van der Waals surface area contributed by atoms with Gasteiger partial charge in [0.05, 0.1) is 12.7 Å². The van der Waals surface area contributed by atoms with Crippen molar-refractivity contribution in [3.8, 4) is 0 Å². The second-order valence-electron chi connectivity index (χ2n) is 7.27. The summed E-state index contributed by atoms with van der Waals surface area (Å²) in [6, 6.07) is 6.66. The highest BCUT2D eigenvalue weighted by molar-refractivity contribution is 5.98. The third-order valence-corrected chi connectivity index (χ3v) is 5.51. The van der Waals surface area contributed by atoms with Gasteiger partial charge < -0.3 is 19.7 Å². The molecule has 7 heteroatoms. The van der Waals surface area contributed by atoms with Crippen molar-refractivity contribution in [2.75, 3.05) is 26.3 Å². The van der Waals surface area contributed by atoms with Gasteiger partial charge in [0.1, 0.15) is 11.5 Å². The predicted molar refractivity (Wildman–Crippen MR) is 95.6 cm³/mol. The fraction of sp³-hybridized carbons (Fsp3) is 0.526. The van der Waals surface area contributed by atoms with Gasteiger partial charge in [0.15, 0.2) is 0 Å². The maximum atomic E-state index is 13.4. The van der Waals surface area contributed by atoms with Crippen LogP contribution in [0.15, 0.2) is 24.3 Å². The Balaban J connectivity index is 1.44. The van der Waals surface area contributed by atoms with Gasteiger partial charge in [-0.15, -0.1) is 0 Å². The standard InChI is InChI=1S/C19H24FN3O3/c1-22-17-3-2-13(20)6-12(17)7-18(22)19(25)21-14-8-15-11-26-16(4-5-24)10-23(15)9-14/h2-3,6-7,14-16,24H,4-5,8-11H2,1H3,(H,21,25)/t14-,15-,16-/m0/s1. The van der Waals surface area contributed by atoms with Crippen molar-refractivity contribution in [3.05, 3.63) is 35.8 Å². The summed E-state index contributed by atoms with van der Waals surface area (Å²) in [5.41, 5.74) is 1.37. The van der Waals surface area contributed by atoms with Gasteiger partial charge in [-0.2, -0.15) is 0 Å². The summed E-state index contributed by atoms with van der Waals surface area (Å²) < 4.78 is 21.0. The Labute approximate surface area is 151 Å². The second-order valence-corrected chi connectivity index (χ2v) is 7.27. The van der Waals surface area contributed by atoms with Crippen LogP contribution >= 0.6 is 0 Å². The van der Waals surface area contributed by atoms with Gasteiger partial charge in [0.2, 0.25) is 0 Å². The van der Waals surface area contributed by atoms with Crippen molar-refractivity contribution < 1.29 is 19.0 Å². The molecule has 1 amide bonds. The Kier molecular flexibility index (Phi) is 4.69. The van der Waals surface area contributed by atoms with E-state index in [1.54, 1.807) is 16.7 Å². The zero-order valence-corrected chi connectivity index (χ0v) is 14.8. The molecule has 2 aromatic rings. The van der Waals surface area contributed by atoms with Crippen molar-refractivity contribution in [2.24, 2.45) is 7.05 Å². The van der Waals surface area contributed by atoms with Gasteiger partial charge >= 0.3 is 0 Å². The van der Waals surface area contributed by atoms with Crippen LogP contribution in [0.1, 0.15) is 23.3 Å². The molecule has 0 saturated carbocycles. The first-order chi connectivity index (χ1) is 12.5. The van der Waals surface area contributed by atoms with E-state index in [-0.39, 0.29) is 30.5 Å². The molecule has 0 unspecified atom stereocenters. The molecule has 0 spiro atoms. The van der Waals surface area contributed by atoms with Crippen LogP contribution in [0.25, 0.3) is 10.9 Å². The molecule has 1 aromatic carbocycles. The molecule has 26 heavy (non-hydrogen) atoms. The Morgan fingerprint density at radius 1 is 1.38 bits per heavy atom. The number of halogens is 1. The fourth-order valence-electron chi connectivity index (χ4n) is 4.16. The summed E-state index contributed by atoms with van der Waals surface area (Å²) >= 11 is 0. The number of carbonyl (C=O) groups is 1. The van der Waals surface area contributed by atoms with Gasteiger partial charge in [-0.25, -0.2) is 4.39 Å². The molecule has 140 valence electrons. The van der Waals surface area contributed by atoms with E-state index < -0.39 is 0 Å². The SMILES string of the molecule is Cn1c(C(=O)N[C@H]2C[C@H]3CO[C@@H](CCO)CN3C2)cc2cc(F)ccc21. The number of aromatic nitrogens is 1. The number of aryl methyl sites for hydroxylation is 1. The largest absolute Gasteiger partial charge is 0.396 e. The maximum absolute atomic E-state index is 13.4. The first kappa shape index (κ1) is 17.5. The lowest BCUT2D eigenvalue weighted by atomic mass is 10.1. The minimum absolute atomic E-state index is 0.0683. The Morgan fingerprint density at radius 2 is 2.23 bits per heavy atom. The summed E-state index contributed by atoms with van der Waals surface area (Å²) in [7, 11) is 1.82. The van der Waals surface area contributed by atoms with Crippen LogP contribution in [0.3, 0.4) is 0 Å². The lowest BCUT2D eigenvalue weighted by molar-refractivity contribution is -0.0566. The van der Waals surface area contributed by atoms with Crippen molar-refractivity contribution in [3.63, 3.8) is 0 Å². The second kappa shape index (κ2) is 6.98. The van der Waals surface area contributed by atoms with E-state index in [0.717, 1.165) is 30.4 Å². The molecule has 0 aliphatic carbocycles. The van der Waals surface area contributed by atoms with Crippen LogP contribution in [-0.2, 0) is 11.8 Å². The van der Waals surface area contributed by atoms with E-state index in [1.165, 1.54) is 12.1 Å². The molecule has 1 aromatic heterocycles. The number of nitrogens with one attached hydrogen (secondary N) is 1. The van der Waals surface area contributed by atoms with Crippen molar-refractivity contribution in [1.82, 2.24) is 14.8 Å². The molecule has 4 rings (SSSR count). The number of fused-ring (bicyclic) bond motifs is 2. The molecule has 0 radical (unpaired) electrons. The van der Waals surface area contributed by atoms with E-state index >= 15 is 0 Å². The first-order valence-electron chi connectivity index (χ1n) is 9.07. The highest BCUT2D eigenvalue weighted by atomic mass is 19.1. The van der Waals surface area contributed by atoms with Gasteiger partial charge in [0.25, 0.3) is 5.91 Å². The molecule has 3 heterocycles. The quantitative estimate of drug-likeness (QED) is 0.861. The summed E-state index contributed by atoms with van der Waals surface area (Å²) in [4.78, 5) is 15.1. The third-order valence-electron chi connectivity index (χ3n) is 5.51. The Morgan fingerprint density at radius 3 is 3.04 bits per heavy atom. The fourth-order valence-corrected chi connectivity index (χ4v) is 4.16. The number of hydrogen-bond acceptors (Lipinski definition) is 4. The van der Waals surface area contributed by atoms with Gasteiger partial charge in [0, 0.05) is 49.7 Å². The number of ether oxygens (including phenoxy) is 1. The zero-order chi connectivity index (χ0) is 18.3. The summed E-state index contributed by atoms with van der Waals surface area (Å²) in [5.74, 6) is -0.443. The van der Waals surface area contributed by atoms with E-state index in [4.69, 9.17) is 9.84 Å². The molecule has 3 atom stereocenters. The third kappa shape index (κ3) is 3.22.